The molecule has 2 aliphatic carbocycles. The van der Waals surface area contributed by atoms with Crippen molar-refractivity contribution in [1.29, 1.82) is 0 Å². The fourth-order valence-corrected chi connectivity index (χ4v) is 5.81. The quantitative estimate of drug-likeness (QED) is 0.888. The van der Waals surface area contributed by atoms with Gasteiger partial charge in [0.2, 0.25) is 0 Å². The lowest BCUT2D eigenvalue weighted by Crippen LogP contribution is -2.39. The lowest BCUT2D eigenvalue weighted by Gasteiger charge is -2.38. The van der Waals surface area contributed by atoms with Gasteiger partial charge in [0.1, 0.15) is 5.82 Å². The van der Waals surface area contributed by atoms with Gasteiger partial charge in [0.05, 0.1) is 10.6 Å². The number of nitrogens with one attached hydrogen (secondary N) is 1. The molecule has 1 aliphatic heterocycles. The van der Waals surface area contributed by atoms with E-state index in [1.54, 1.807) is 11.3 Å². The number of likely N-dealkylation sites (tertiary alicyclic amines) is 1. The van der Waals surface area contributed by atoms with Crippen LogP contribution in [-0.4, -0.2) is 33.2 Å². The van der Waals surface area contributed by atoms with Crippen molar-refractivity contribution in [2.45, 2.75) is 63.5 Å². The SMILES string of the molecule is Cn1nc2c(c1NC(=O)c1ccc([C@H]3CCCN3C3CCC3)s1)CCC2. The second-order valence-electron chi connectivity index (χ2n) is 7.89. The van der Waals surface area contributed by atoms with Crippen molar-refractivity contribution in [3.8, 4) is 0 Å². The first-order valence-corrected chi connectivity index (χ1v) is 10.7. The molecule has 3 aliphatic rings. The highest BCUT2D eigenvalue weighted by Gasteiger charge is 2.35. The van der Waals surface area contributed by atoms with Crippen LogP contribution in [0.2, 0.25) is 0 Å². The van der Waals surface area contributed by atoms with Crippen molar-refractivity contribution in [3.05, 3.63) is 33.1 Å². The van der Waals surface area contributed by atoms with Crippen LogP contribution in [0.25, 0.3) is 0 Å². The summed E-state index contributed by atoms with van der Waals surface area (Å²) >= 11 is 1.67. The van der Waals surface area contributed by atoms with Gasteiger partial charge in [-0.3, -0.25) is 14.4 Å². The fraction of sp³-hybridized carbons (Fsp3) is 0.600. The Morgan fingerprint density at radius 2 is 2.08 bits per heavy atom. The highest BCUT2D eigenvalue weighted by atomic mass is 32.1. The van der Waals surface area contributed by atoms with Gasteiger partial charge in [0, 0.05) is 29.6 Å². The Morgan fingerprint density at radius 3 is 2.88 bits per heavy atom. The molecule has 1 atom stereocenters. The molecule has 2 aromatic heterocycles. The van der Waals surface area contributed by atoms with E-state index in [-0.39, 0.29) is 5.91 Å². The maximum atomic E-state index is 12.8. The van der Waals surface area contributed by atoms with Gasteiger partial charge in [-0.05, 0) is 63.6 Å². The topological polar surface area (TPSA) is 50.2 Å². The van der Waals surface area contributed by atoms with Crippen molar-refractivity contribution >= 4 is 23.1 Å². The number of carbonyl (C=O) groups is 1. The molecule has 5 nitrogen and oxygen atoms in total. The third-order valence-electron chi connectivity index (χ3n) is 6.32. The smallest absolute Gasteiger partial charge is 0.266 e. The molecule has 1 amide bonds. The van der Waals surface area contributed by atoms with Crippen LogP contribution in [0.3, 0.4) is 0 Å². The number of thiophene rings is 1. The summed E-state index contributed by atoms with van der Waals surface area (Å²) in [4.78, 5) is 17.7. The Bertz CT molecular complexity index is 835. The lowest BCUT2D eigenvalue weighted by atomic mass is 9.91. The Hall–Kier alpha value is -1.66. The van der Waals surface area contributed by atoms with Crippen LogP contribution in [0.1, 0.15) is 70.4 Å². The van der Waals surface area contributed by atoms with E-state index < -0.39 is 0 Å². The standard InChI is InChI=1S/C20H26N4OS/c1-23-19(14-7-3-8-15(14)22-23)21-20(25)18-11-10-17(26-18)16-9-4-12-24(16)13-5-2-6-13/h10-11,13,16H,2-9,12H2,1H3,(H,21,25)/t16-/m1/s1. The molecule has 138 valence electrons. The molecular weight excluding hydrogens is 344 g/mol. The van der Waals surface area contributed by atoms with Gasteiger partial charge in [-0.25, -0.2) is 0 Å². The number of carbonyl (C=O) groups excluding carboxylic acids is 1. The number of rotatable bonds is 4. The summed E-state index contributed by atoms with van der Waals surface area (Å²) < 4.78 is 1.82. The summed E-state index contributed by atoms with van der Waals surface area (Å²) in [5.41, 5.74) is 2.38. The van der Waals surface area contributed by atoms with Gasteiger partial charge in [-0.1, -0.05) is 6.42 Å². The molecule has 0 aromatic carbocycles. The normalized spacial score (nSPS) is 23.2. The van der Waals surface area contributed by atoms with Gasteiger partial charge in [0.15, 0.2) is 0 Å². The average Bonchev–Trinajstić information content (AvgIpc) is 3.32. The molecule has 0 bridgehead atoms. The first kappa shape index (κ1) is 16.5. The minimum Gasteiger partial charge on any atom is -0.306 e. The number of nitrogens with zero attached hydrogens (tertiary/aromatic N) is 3. The van der Waals surface area contributed by atoms with Crippen molar-refractivity contribution in [2.24, 2.45) is 7.05 Å². The van der Waals surface area contributed by atoms with Crippen LogP contribution < -0.4 is 5.32 Å². The molecule has 0 unspecified atom stereocenters. The number of aromatic nitrogens is 2. The van der Waals surface area contributed by atoms with Gasteiger partial charge in [-0.15, -0.1) is 11.3 Å². The zero-order valence-electron chi connectivity index (χ0n) is 15.3. The molecule has 0 spiro atoms. The molecular formula is C20H26N4OS. The molecule has 3 heterocycles. The van der Waals surface area contributed by atoms with Crippen LogP contribution in [0.15, 0.2) is 12.1 Å². The molecule has 26 heavy (non-hydrogen) atoms. The molecule has 1 saturated carbocycles. The molecule has 1 N–H and O–H groups in total. The minimum atomic E-state index is 0.00661. The Kier molecular flexibility index (Phi) is 4.13. The summed E-state index contributed by atoms with van der Waals surface area (Å²) in [6, 6.07) is 5.48. The molecule has 2 fully saturated rings. The highest BCUT2D eigenvalue weighted by Crippen LogP contribution is 2.41. The molecule has 1 saturated heterocycles. The van der Waals surface area contributed by atoms with Crippen molar-refractivity contribution in [1.82, 2.24) is 14.7 Å². The number of hydrogen-bond donors (Lipinski definition) is 1. The van der Waals surface area contributed by atoms with Crippen LogP contribution in [0, 0.1) is 0 Å². The maximum Gasteiger partial charge on any atom is 0.266 e. The first-order valence-electron chi connectivity index (χ1n) is 9.92. The number of fused-ring (bicyclic) bond motifs is 1. The number of hydrogen-bond acceptors (Lipinski definition) is 4. The van der Waals surface area contributed by atoms with E-state index in [0.717, 1.165) is 41.7 Å². The van der Waals surface area contributed by atoms with Gasteiger partial charge in [0.25, 0.3) is 5.91 Å². The zero-order valence-corrected chi connectivity index (χ0v) is 16.1. The third kappa shape index (κ3) is 2.70. The van der Waals surface area contributed by atoms with Gasteiger partial charge >= 0.3 is 0 Å². The largest absolute Gasteiger partial charge is 0.306 e. The summed E-state index contributed by atoms with van der Waals surface area (Å²) in [5, 5.41) is 7.68. The van der Waals surface area contributed by atoms with Crippen LogP contribution >= 0.6 is 11.3 Å². The van der Waals surface area contributed by atoms with Gasteiger partial charge < -0.3 is 5.32 Å². The Labute approximate surface area is 158 Å². The summed E-state index contributed by atoms with van der Waals surface area (Å²) in [6.07, 6.45) is 9.77. The summed E-state index contributed by atoms with van der Waals surface area (Å²) in [7, 11) is 1.92. The van der Waals surface area contributed by atoms with Crippen LogP contribution in [-0.2, 0) is 19.9 Å². The minimum absolute atomic E-state index is 0.00661. The number of amides is 1. The summed E-state index contributed by atoms with van der Waals surface area (Å²) in [5.74, 6) is 0.890. The van der Waals surface area contributed by atoms with E-state index in [0.29, 0.717) is 6.04 Å². The van der Waals surface area contributed by atoms with E-state index in [1.807, 2.05) is 17.8 Å². The van der Waals surface area contributed by atoms with Gasteiger partial charge in [-0.2, -0.15) is 5.10 Å². The van der Waals surface area contributed by atoms with Crippen LogP contribution in [0.5, 0.6) is 0 Å². The molecule has 6 heteroatoms. The Balaban J connectivity index is 1.33. The average molecular weight is 371 g/mol. The molecule has 5 rings (SSSR count). The predicted octanol–water partition coefficient (Wildman–Crippen LogP) is 3.91. The van der Waals surface area contributed by atoms with E-state index in [9.17, 15) is 4.79 Å². The molecule has 0 radical (unpaired) electrons. The zero-order chi connectivity index (χ0) is 17.7. The van der Waals surface area contributed by atoms with Crippen molar-refractivity contribution in [3.63, 3.8) is 0 Å². The maximum absolute atomic E-state index is 12.8. The van der Waals surface area contributed by atoms with E-state index in [4.69, 9.17) is 0 Å². The van der Waals surface area contributed by atoms with Crippen LogP contribution in [0.4, 0.5) is 5.82 Å². The third-order valence-corrected chi connectivity index (χ3v) is 7.50. The number of anilines is 1. The fourth-order valence-electron chi connectivity index (χ4n) is 4.75. The predicted molar refractivity (Wildman–Crippen MR) is 104 cm³/mol. The highest BCUT2D eigenvalue weighted by molar-refractivity contribution is 7.14. The van der Waals surface area contributed by atoms with Crippen molar-refractivity contribution in [2.75, 3.05) is 11.9 Å². The monoisotopic (exact) mass is 370 g/mol. The second-order valence-corrected chi connectivity index (χ2v) is 9.00. The molecule has 2 aromatic rings. The Morgan fingerprint density at radius 1 is 1.19 bits per heavy atom. The van der Waals surface area contributed by atoms with E-state index in [2.05, 4.69) is 21.4 Å². The van der Waals surface area contributed by atoms with E-state index in [1.165, 1.54) is 49.1 Å². The van der Waals surface area contributed by atoms with E-state index >= 15 is 0 Å². The first-order chi connectivity index (χ1) is 12.7. The number of aryl methyl sites for hydroxylation is 2. The summed E-state index contributed by atoms with van der Waals surface area (Å²) in [6.45, 7) is 1.22. The lowest BCUT2D eigenvalue weighted by molar-refractivity contribution is 0.102. The second kappa shape index (κ2) is 6.50. The van der Waals surface area contributed by atoms with Crippen molar-refractivity contribution < 1.29 is 4.79 Å².